The first-order chi connectivity index (χ1) is 9.34. The summed E-state index contributed by atoms with van der Waals surface area (Å²) >= 11 is 1.90. The SMILES string of the molecule is Bc1cc2c3c(sc2c2c1CCC=C2)C=C=CC=C3. The summed E-state index contributed by atoms with van der Waals surface area (Å²) in [4.78, 5) is 1.33. The van der Waals surface area contributed by atoms with Crippen molar-refractivity contribution < 1.29 is 0 Å². The fourth-order valence-corrected chi connectivity index (χ4v) is 4.23. The fourth-order valence-electron chi connectivity index (χ4n) is 3.01. The average molecular weight is 260 g/mol. The normalized spacial score (nSPS) is 15.6. The molecule has 1 aromatic carbocycles. The predicted octanol–water partition coefficient (Wildman–Crippen LogP) is 3.31. The van der Waals surface area contributed by atoms with Gasteiger partial charge in [0.1, 0.15) is 7.85 Å². The lowest BCUT2D eigenvalue weighted by Gasteiger charge is -2.14. The first kappa shape index (κ1) is 11.1. The molecule has 0 nitrogen and oxygen atoms in total. The van der Waals surface area contributed by atoms with Crippen LogP contribution in [0.4, 0.5) is 0 Å². The number of hydrogen-bond donors (Lipinski definition) is 0. The Morgan fingerprint density at radius 3 is 3.11 bits per heavy atom. The van der Waals surface area contributed by atoms with Crippen LogP contribution in [-0.2, 0) is 6.42 Å². The summed E-state index contributed by atoms with van der Waals surface area (Å²) in [5.41, 5.74) is 8.99. The third-order valence-corrected chi connectivity index (χ3v) is 5.14. The van der Waals surface area contributed by atoms with Crippen molar-refractivity contribution in [2.24, 2.45) is 0 Å². The first-order valence-corrected chi connectivity index (χ1v) is 7.51. The van der Waals surface area contributed by atoms with E-state index in [1.54, 1.807) is 0 Å². The minimum atomic E-state index is 1.17. The van der Waals surface area contributed by atoms with Crippen LogP contribution < -0.4 is 5.46 Å². The van der Waals surface area contributed by atoms with Crippen molar-refractivity contribution in [1.82, 2.24) is 0 Å². The molecule has 0 atom stereocenters. The average Bonchev–Trinajstić information content (AvgIpc) is 2.63. The first-order valence-electron chi connectivity index (χ1n) is 6.69. The number of hydrogen-bond acceptors (Lipinski definition) is 1. The summed E-state index contributed by atoms with van der Waals surface area (Å²) in [6.07, 6.45) is 15.3. The lowest BCUT2D eigenvalue weighted by Crippen LogP contribution is -2.13. The second-order valence-corrected chi connectivity index (χ2v) is 6.17. The molecule has 90 valence electrons. The quantitative estimate of drug-likeness (QED) is 0.503. The van der Waals surface area contributed by atoms with E-state index in [1.807, 2.05) is 17.4 Å². The Morgan fingerprint density at radius 1 is 1.21 bits per heavy atom. The maximum atomic E-state index is 3.21. The highest BCUT2D eigenvalue weighted by molar-refractivity contribution is 7.20. The second-order valence-electron chi connectivity index (χ2n) is 5.12. The lowest BCUT2D eigenvalue weighted by atomic mass is 9.82. The van der Waals surface area contributed by atoms with E-state index in [4.69, 9.17) is 0 Å². The molecule has 0 N–H and O–H groups in total. The zero-order chi connectivity index (χ0) is 12.8. The summed E-state index contributed by atoms with van der Waals surface area (Å²) < 4.78 is 1.44. The predicted molar refractivity (Wildman–Crippen MR) is 88.9 cm³/mol. The Kier molecular flexibility index (Phi) is 2.41. The van der Waals surface area contributed by atoms with Crippen LogP contribution in [0.3, 0.4) is 0 Å². The fraction of sp³-hybridized carbons (Fsp3) is 0.118. The van der Waals surface area contributed by atoms with Crippen LogP contribution in [0.1, 0.15) is 28.0 Å². The minimum absolute atomic E-state index is 1.17. The van der Waals surface area contributed by atoms with Crippen LogP contribution in [0.25, 0.3) is 28.3 Å². The van der Waals surface area contributed by atoms with Gasteiger partial charge in [-0.1, -0.05) is 35.8 Å². The zero-order valence-electron chi connectivity index (χ0n) is 10.9. The topological polar surface area (TPSA) is 0 Å². The Balaban J connectivity index is 2.15. The molecular formula is C17H13BS. The molecule has 4 rings (SSSR count). The van der Waals surface area contributed by atoms with Crippen molar-refractivity contribution in [2.75, 3.05) is 0 Å². The van der Waals surface area contributed by atoms with Crippen molar-refractivity contribution in [3.63, 3.8) is 0 Å². The molecule has 0 saturated carbocycles. The van der Waals surface area contributed by atoms with Gasteiger partial charge in [-0.15, -0.1) is 17.1 Å². The summed E-state index contributed by atoms with van der Waals surface area (Å²) in [6.45, 7) is 0. The lowest BCUT2D eigenvalue weighted by molar-refractivity contribution is 0.998. The molecule has 0 saturated heterocycles. The Hall–Kier alpha value is -1.76. The summed E-state index contributed by atoms with van der Waals surface area (Å²) in [6, 6.07) is 2.37. The highest BCUT2D eigenvalue weighted by Gasteiger charge is 2.17. The molecule has 2 aromatic rings. The van der Waals surface area contributed by atoms with E-state index in [2.05, 4.69) is 50.0 Å². The molecule has 0 bridgehead atoms. The molecule has 19 heavy (non-hydrogen) atoms. The van der Waals surface area contributed by atoms with Crippen molar-refractivity contribution in [3.8, 4) is 0 Å². The number of fused-ring (bicyclic) bond motifs is 5. The molecule has 1 aromatic heterocycles. The van der Waals surface area contributed by atoms with Crippen LogP contribution in [0.5, 0.6) is 0 Å². The van der Waals surface area contributed by atoms with Crippen LogP contribution >= 0.6 is 11.3 Å². The molecule has 0 unspecified atom stereocenters. The van der Waals surface area contributed by atoms with Crippen LogP contribution in [0, 0.1) is 0 Å². The molecule has 0 amide bonds. The van der Waals surface area contributed by atoms with E-state index in [9.17, 15) is 0 Å². The minimum Gasteiger partial charge on any atom is -0.134 e. The molecule has 0 radical (unpaired) electrons. The van der Waals surface area contributed by atoms with Crippen LogP contribution in [-0.4, -0.2) is 7.85 Å². The highest BCUT2D eigenvalue weighted by atomic mass is 32.1. The third kappa shape index (κ3) is 1.61. The number of allylic oxidation sites excluding steroid dienone is 3. The van der Waals surface area contributed by atoms with Crippen molar-refractivity contribution in [2.45, 2.75) is 12.8 Å². The third-order valence-electron chi connectivity index (χ3n) is 3.93. The summed E-state index contributed by atoms with van der Waals surface area (Å²) in [7, 11) is 2.25. The maximum absolute atomic E-state index is 3.21. The van der Waals surface area contributed by atoms with Gasteiger partial charge in [-0.3, -0.25) is 0 Å². The van der Waals surface area contributed by atoms with Gasteiger partial charge < -0.3 is 0 Å². The van der Waals surface area contributed by atoms with E-state index in [0.29, 0.717) is 0 Å². The Bertz CT molecular complexity index is 812. The molecule has 1 heterocycles. The highest BCUT2D eigenvalue weighted by Crippen LogP contribution is 2.38. The number of benzene rings is 1. The molecule has 0 aliphatic heterocycles. The van der Waals surface area contributed by atoms with Gasteiger partial charge >= 0.3 is 0 Å². The van der Waals surface area contributed by atoms with E-state index in [1.165, 1.54) is 50.0 Å². The molecular weight excluding hydrogens is 247 g/mol. The largest absolute Gasteiger partial charge is 0.139 e. The maximum Gasteiger partial charge on any atom is 0.139 e. The van der Waals surface area contributed by atoms with Gasteiger partial charge in [0.15, 0.2) is 0 Å². The van der Waals surface area contributed by atoms with Crippen molar-refractivity contribution in [1.29, 1.82) is 0 Å². The molecule has 2 aliphatic rings. The standard InChI is InChI=1S/C17H13BS/c18-15-10-14-12-7-2-1-3-9-16(12)19-17(14)13-8-5-4-6-11(13)15/h1-2,5,7-10H,4,6,18H2. The summed E-state index contributed by atoms with van der Waals surface area (Å²) in [5, 5.41) is 1.40. The van der Waals surface area contributed by atoms with Gasteiger partial charge in [0.05, 0.1) is 0 Å². The van der Waals surface area contributed by atoms with E-state index in [-0.39, 0.29) is 0 Å². The van der Waals surface area contributed by atoms with E-state index < -0.39 is 0 Å². The van der Waals surface area contributed by atoms with Gasteiger partial charge in [0.25, 0.3) is 0 Å². The molecule has 0 spiro atoms. The van der Waals surface area contributed by atoms with Gasteiger partial charge in [-0.2, -0.15) is 0 Å². The van der Waals surface area contributed by atoms with Gasteiger partial charge in [0.2, 0.25) is 0 Å². The second kappa shape index (κ2) is 4.13. The molecule has 0 fully saturated rings. The molecule has 2 heteroatoms. The van der Waals surface area contributed by atoms with Gasteiger partial charge in [-0.25, -0.2) is 0 Å². The van der Waals surface area contributed by atoms with Crippen LogP contribution in [0.15, 0.2) is 30.0 Å². The van der Waals surface area contributed by atoms with E-state index in [0.717, 1.165) is 0 Å². The summed E-state index contributed by atoms with van der Waals surface area (Å²) in [5.74, 6) is 0. The van der Waals surface area contributed by atoms with Gasteiger partial charge in [0, 0.05) is 20.5 Å². The monoisotopic (exact) mass is 260 g/mol. The Morgan fingerprint density at radius 2 is 2.16 bits per heavy atom. The smallest absolute Gasteiger partial charge is 0.134 e. The number of thiophene rings is 1. The molecule has 2 aliphatic carbocycles. The van der Waals surface area contributed by atoms with Crippen LogP contribution in [0.2, 0.25) is 0 Å². The number of rotatable bonds is 0. The zero-order valence-corrected chi connectivity index (χ0v) is 11.7. The van der Waals surface area contributed by atoms with Crippen molar-refractivity contribution >= 4 is 53.0 Å². The van der Waals surface area contributed by atoms with Gasteiger partial charge in [-0.05, 0) is 36.1 Å². The van der Waals surface area contributed by atoms with Crippen molar-refractivity contribution in [3.05, 3.63) is 51.6 Å². The Labute approximate surface area is 117 Å². The van der Waals surface area contributed by atoms with E-state index >= 15 is 0 Å².